The van der Waals surface area contributed by atoms with Crippen molar-refractivity contribution in [3.8, 4) is 5.75 Å². The van der Waals surface area contributed by atoms with Crippen LogP contribution in [-0.4, -0.2) is 36.2 Å². The SMILES string of the molecule is CN(Cc1ccccc1)S(=O)(=O)N(C)Cc1ccccc1O. The maximum absolute atomic E-state index is 12.5. The van der Waals surface area contributed by atoms with Crippen LogP contribution < -0.4 is 0 Å². The number of benzene rings is 2. The van der Waals surface area contributed by atoms with Crippen molar-refractivity contribution in [2.45, 2.75) is 13.1 Å². The molecule has 118 valence electrons. The van der Waals surface area contributed by atoms with Crippen LogP contribution in [0.25, 0.3) is 0 Å². The summed E-state index contributed by atoms with van der Waals surface area (Å²) < 4.78 is 27.6. The van der Waals surface area contributed by atoms with Crippen molar-refractivity contribution >= 4 is 10.2 Å². The van der Waals surface area contributed by atoms with Gasteiger partial charge in [0.05, 0.1) is 0 Å². The minimum Gasteiger partial charge on any atom is -0.508 e. The first kappa shape index (κ1) is 16.5. The standard InChI is InChI=1S/C16H20N2O3S/c1-17(12-14-8-4-3-5-9-14)22(20,21)18(2)13-15-10-6-7-11-16(15)19/h3-11,19H,12-13H2,1-2H3. The summed E-state index contributed by atoms with van der Waals surface area (Å²) in [7, 11) is -0.548. The number of rotatable bonds is 6. The van der Waals surface area contributed by atoms with E-state index in [1.807, 2.05) is 30.3 Å². The Balaban J connectivity index is 2.10. The van der Waals surface area contributed by atoms with E-state index in [1.165, 1.54) is 15.7 Å². The topological polar surface area (TPSA) is 60.9 Å². The Morgan fingerprint density at radius 1 is 0.864 bits per heavy atom. The van der Waals surface area contributed by atoms with Gasteiger partial charge < -0.3 is 5.11 Å². The van der Waals surface area contributed by atoms with Crippen molar-refractivity contribution in [2.75, 3.05) is 14.1 Å². The molecule has 0 bridgehead atoms. The summed E-state index contributed by atoms with van der Waals surface area (Å²) in [5.41, 5.74) is 1.49. The Morgan fingerprint density at radius 3 is 2.05 bits per heavy atom. The largest absolute Gasteiger partial charge is 0.508 e. The molecule has 0 aliphatic rings. The average molecular weight is 320 g/mol. The number of aromatic hydroxyl groups is 1. The third kappa shape index (κ3) is 3.85. The van der Waals surface area contributed by atoms with Crippen LogP contribution in [0.5, 0.6) is 5.75 Å². The molecule has 0 fully saturated rings. The van der Waals surface area contributed by atoms with E-state index in [1.54, 1.807) is 31.3 Å². The van der Waals surface area contributed by atoms with Crippen molar-refractivity contribution in [3.05, 3.63) is 65.7 Å². The number of hydrogen-bond acceptors (Lipinski definition) is 3. The molecule has 0 aliphatic carbocycles. The van der Waals surface area contributed by atoms with E-state index in [-0.39, 0.29) is 12.3 Å². The molecule has 0 aromatic heterocycles. The van der Waals surface area contributed by atoms with Crippen molar-refractivity contribution in [1.29, 1.82) is 0 Å². The van der Waals surface area contributed by atoms with Crippen LogP contribution in [0.4, 0.5) is 0 Å². The van der Waals surface area contributed by atoms with Crippen LogP contribution in [0.15, 0.2) is 54.6 Å². The van der Waals surface area contributed by atoms with Gasteiger partial charge in [-0.2, -0.15) is 17.0 Å². The Kier molecular flexibility index (Phi) is 5.18. The fraction of sp³-hybridized carbons (Fsp3) is 0.250. The van der Waals surface area contributed by atoms with Crippen molar-refractivity contribution in [3.63, 3.8) is 0 Å². The van der Waals surface area contributed by atoms with Gasteiger partial charge in [0.25, 0.3) is 10.2 Å². The quantitative estimate of drug-likeness (QED) is 0.887. The second-order valence-corrected chi connectivity index (χ2v) is 7.28. The average Bonchev–Trinajstić information content (AvgIpc) is 2.50. The zero-order chi connectivity index (χ0) is 16.2. The van der Waals surface area contributed by atoms with Crippen molar-refractivity contribution in [2.24, 2.45) is 0 Å². The molecule has 0 spiro atoms. The summed E-state index contributed by atoms with van der Waals surface area (Å²) in [6, 6.07) is 16.1. The van der Waals surface area contributed by atoms with Crippen molar-refractivity contribution in [1.82, 2.24) is 8.61 Å². The smallest absolute Gasteiger partial charge is 0.282 e. The second-order valence-electron chi connectivity index (χ2n) is 5.13. The highest BCUT2D eigenvalue weighted by Crippen LogP contribution is 2.19. The highest BCUT2D eigenvalue weighted by molar-refractivity contribution is 7.86. The zero-order valence-electron chi connectivity index (χ0n) is 12.7. The van der Waals surface area contributed by atoms with Gasteiger partial charge in [0.2, 0.25) is 0 Å². The maximum Gasteiger partial charge on any atom is 0.282 e. The third-order valence-electron chi connectivity index (χ3n) is 3.42. The van der Waals surface area contributed by atoms with E-state index in [0.717, 1.165) is 5.56 Å². The molecule has 2 rings (SSSR count). The van der Waals surface area contributed by atoms with Gasteiger partial charge in [-0.1, -0.05) is 48.5 Å². The van der Waals surface area contributed by atoms with Gasteiger partial charge in [0.15, 0.2) is 0 Å². The van der Waals surface area contributed by atoms with Gasteiger partial charge in [0.1, 0.15) is 5.75 Å². The highest BCUT2D eigenvalue weighted by Gasteiger charge is 2.24. The zero-order valence-corrected chi connectivity index (χ0v) is 13.5. The molecule has 2 aromatic carbocycles. The molecule has 0 aliphatic heterocycles. The molecule has 6 heteroatoms. The van der Waals surface area contributed by atoms with E-state index in [9.17, 15) is 13.5 Å². The highest BCUT2D eigenvalue weighted by atomic mass is 32.2. The molecule has 22 heavy (non-hydrogen) atoms. The summed E-state index contributed by atoms with van der Waals surface area (Å²) in [6.07, 6.45) is 0. The van der Waals surface area contributed by atoms with Crippen LogP contribution in [0.3, 0.4) is 0 Å². The molecule has 0 amide bonds. The Bertz CT molecular complexity index is 717. The minimum atomic E-state index is -3.60. The fourth-order valence-corrected chi connectivity index (χ4v) is 3.22. The summed E-state index contributed by atoms with van der Waals surface area (Å²) in [5.74, 6) is 0.0928. The lowest BCUT2D eigenvalue weighted by Crippen LogP contribution is -2.38. The van der Waals surface area contributed by atoms with Crippen LogP contribution >= 0.6 is 0 Å². The molecule has 0 saturated heterocycles. The van der Waals surface area contributed by atoms with E-state index in [0.29, 0.717) is 12.1 Å². The molecule has 2 aromatic rings. The lowest BCUT2D eigenvalue weighted by atomic mass is 10.2. The van der Waals surface area contributed by atoms with Crippen LogP contribution in [-0.2, 0) is 23.3 Å². The van der Waals surface area contributed by atoms with Crippen LogP contribution in [0.1, 0.15) is 11.1 Å². The number of nitrogens with zero attached hydrogens (tertiary/aromatic N) is 2. The molecular weight excluding hydrogens is 300 g/mol. The van der Waals surface area contributed by atoms with E-state index in [2.05, 4.69) is 0 Å². The van der Waals surface area contributed by atoms with Gasteiger partial charge in [-0.3, -0.25) is 0 Å². The van der Waals surface area contributed by atoms with E-state index in [4.69, 9.17) is 0 Å². The first-order chi connectivity index (χ1) is 10.4. The van der Waals surface area contributed by atoms with Gasteiger partial charge in [-0.05, 0) is 11.6 Å². The Morgan fingerprint density at radius 2 is 1.41 bits per heavy atom. The van der Waals surface area contributed by atoms with E-state index < -0.39 is 10.2 Å². The fourth-order valence-electron chi connectivity index (χ4n) is 2.13. The molecular formula is C16H20N2O3S. The summed E-state index contributed by atoms with van der Waals surface area (Å²) >= 11 is 0. The summed E-state index contributed by atoms with van der Waals surface area (Å²) in [5, 5.41) is 9.76. The van der Waals surface area contributed by atoms with E-state index >= 15 is 0 Å². The lowest BCUT2D eigenvalue weighted by molar-refractivity contribution is 0.380. The second kappa shape index (κ2) is 6.91. The van der Waals surface area contributed by atoms with Crippen molar-refractivity contribution < 1.29 is 13.5 Å². The molecule has 0 atom stereocenters. The van der Waals surface area contributed by atoms with Gasteiger partial charge in [0, 0.05) is 32.7 Å². The molecule has 0 heterocycles. The number of phenols is 1. The lowest BCUT2D eigenvalue weighted by Gasteiger charge is -2.24. The predicted octanol–water partition coefficient (Wildman–Crippen LogP) is 2.20. The van der Waals surface area contributed by atoms with Gasteiger partial charge in [-0.25, -0.2) is 0 Å². The molecule has 5 nitrogen and oxygen atoms in total. The van der Waals surface area contributed by atoms with Gasteiger partial charge >= 0.3 is 0 Å². The maximum atomic E-state index is 12.5. The first-order valence-electron chi connectivity index (χ1n) is 6.89. The third-order valence-corrected chi connectivity index (χ3v) is 5.25. The monoisotopic (exact) mass is 320 g/mol. The Hall–Kier alpha value is -1.89. The predicted molar refractivity (Wildman–Crippen MR) is 86.4 cm³/mol. The Labute approximate surface area is 131 Å². The van der Waals surface area contributed by atoms with Crippen LogP contribution in [0.2, 0.25) is 0 Å². The first-order valence-corrected chi connectivity index (χ1v) is 8.29. The number of phenolic OH excluding ortho intramolecular Hbond substituents is 1. The molecule has 0 saturated carbocycles. The molecule has 0 unspecified atom stereocenters. The summed E-state index contributed by atoms with van der Waals surface area (Å²) in [6.45, 7) is 0.419. The molecule has 1 N–H and O–H groups in total. The summed E-state index contributed by atoms with van der Waals surface area (Å²) in [4.78, 5) is 0. The molecule has 0 radical (unpaired) electrons. The van der Waals surface area contributed by atoms with Gasteiger partial charge in [-0.15, -0.1) is 0 Å². The van der Waals surface area contributed by atoms with Crippen LogP contribution in [0, 0.1) is 0 Å². The normalized spacial score (nSPS) is 12.0. The minimum absolute atomic E-state index is 0.0928. The number of hydrogen-bond donors (Lipinski definition) is 1. The number of para-hydroxylation sites is 1.